The van der Waals surface area contributed by atoms with Gasteiger partial charge in [-0.05, 0) is 56.4 Å². The number of benzene rings is 1. The van der Waals surface area contributed by atoms with Gasteiger partial charge in [0, 0.05) is 6.04 Å². The normalized spacial score (nSPS) is 17.6. The van der Waals surface area contributed by atoms with Crippen molar-refractivity contribution in [3.8, 4) is 0 Å². The standard InChI is InChI=1S/C21H34N2O3S/c1-5-20(21(24)22-18-11-9-7-6-8-10-12-18)23(27(4,25)26)19-14-13-16(2)17(3)15-19/h13-15,18,20H,5-12H2,1-4H3,(H,22,24)/t20-/m1/s1. The lowest BCUT2D eigenvalue weighted by molar-refractivity contribution is -0.123. The van der Waals surface area contributed by atoms with E-state index in [1.807, 2.05) is 32.9 Å². The number of carbonyl (C=O) groups excluding carboxylic acids is 1. The molecule has 0 aromatic heterocycles. The highest BCUT2D eigenvalue weighted by Crippen LogP contribution is 2.25. The molecule has 0 unspecified atom stereocenters. The van der Waals surface area contributed by atoms with Crippen molar-refractivity contribution in [1.82, 2.24) is 5.32 Å². The third-order valence-corrected chi connectivity index (χ3v) is 6.71. The van der Waals surface area contributed by atoms with Crippen LogP contribution in [-0.4, -0.2) is 32.7 Å². The molecule has 0 spiro atoms. The largest absolute Gasteiger partial charge is 0.352 e. The molecule has 1 amide bonds. The van der Waals surface area contributed by atoms with E-state index in [4.69, 9.17) is 0 Å². The van der Waals surface area contributed by atoms with Crippen molar-refractivity contribution >= 4 is 21.6 Å². The minimum Gasteiger partial charge on any atom is -0.352 e. The van der Waals surface area contributed by atoms with Gasteiger partial charge in [0.2, 0.25) is 15.9 Å². The summed E-state index contributed by atoms with van der Waals surface area (Å²) in [4.78, 5) is 13.0. The van der Waals surface area contributed by atoms with Crippen LogP contribution in [-0.2, 0) is 14.8 Å². The summed E-state index contributed by atoms with van der Waals surface area (Å²) >= 11 is 0. The minimum absolute atomic E-state index is 0.146. The predicted octanol–water partition coefficient (Wildman–Crippen LogP) is 4.08. The second kappa shape index (κ2) is 9.58. The maximum Gasteiger partial charge on any atom is 0.244 e. The Kier molecular flexibility index (Phi) is 7.71. The summed E-state index contributed by atoms with van der Waals surface area (Å²) in [5.74, 6) is -0.188. The van der Waals surface area contributed by atoms with Crippen LogP contribution in [0.3, 0.4) is 0 Å². The van der Waals surface area contributed by atoms with Crippen molar-refractivity contribution < 1.29 is 13.2 Å². The molecule has 152 valence electrons. The highest BCUT2D eigenvalue weighted by molar-refractivity contribution is 7.92. The summed E-state index contributed by atoms with van der Waals surface area (Å²) in [6, 6.07) is 4.96. The number of aryl methyl sites for hydroxylation is 2. The minimum atomic E-state index is -3.59. The lowest BCUT2D eigenvalue weighted by Crippen LogP contribution is -2.51. The fourth-order valence-electron chi connectivity index (χ4n) is 3.82. The molecule has 5 nitrogen and oxygen atoms in total. The van der Waals surface area contributed by atoms with Gasteiger partial charge in [-0.3, -0.25) is 9.10 Å². The number of hydrogen-bond donors (Lipinski definition) is 1. The van der Waals surface area contributed by atoms with Crippen LogP contribution in [0.15, 0.2) is 18.2 Å². The van der Waals surface area contributed by atoms with Crippen molar-refractivity contribution in [1.29, 1.82) is 0 Å². The SMILES string of the molecule is CC[C@H](C(=O)NC1CCCCCCC1)N(c1ccc(C)c(C)c1)S(C)(=O)=O. The van der Waals surface area contributed by atoms with E-state index in [9.17, 15) is 13.2 Å². The number of anilines is 1. The molecule has 1 aromatic carbocycles. The Labute approximate surface area is 164 Å². The van der Waals surface area contributed by atoms with E-state index < -0.39 is 16.1 Å². The van der Waals surface area contributed by atoms with Gasteiger partial charge in [-0.25, -0.2) is 8.42 Å². The quantitative estimate of drug-likeness (QED) is 0.791. The topological polar surface area (TPSA) is 66.5 Å². The first-order valence-electron chi connectivity index (χ1n) is 10.1. The van der Waals surface area contributed by atoms with E-state index in [1.165, 1.54) is 29.8 Å². The monoisotopic (exact) mass is 394 g/mol. The molecule has 0 aliphatic heterocycles. The number of amides is 1. The molecule has 1 aromatic rings. The van der Waals surface area contributed by atoms with Crippen LogP contribution in [0, 0.1) is 13.8 Å². The molecule has 1 saturated carbocycles. The van der Waals surface area contributed by atoms with E-state index in [-0.39, 0.29) is 11.9 Å². The summed E-state index contributed by atoms with van der Waals surface area (Å²) in [5, 5.41) is 3.14. The fraction of sp³-hybridized carbons (Fsp3) is 0.667. The molecular weight excluding hydrogens is 360 g/mol. The van der Waals surface area contributed by atoms with Gasteiger partial charge in [0.1, 0.15) is 6.04 Å². The molecule has 1 aliphatic rings. The zero-order valence-electron chi connectivity index (χ0n) is 17.1. The highest BCUT2D eigenvalue weighted by Gasteiger charge is 2.32. The molecule has 0 heterocycles. The predicted molar refractivity (Wildman–Crippen MR) is 112 cm³/mol. The first-order chi connectivity index (χ1) is 12.7. The fourth-order valence-corrected chi connectivity index (χ4v) is 5.02. The third-order valence-electron chi connectivity index (χ3n) is 5.53. The Balaban J connectivity index is 2.25. The second-order valence-electron chi connectivity index (χ2n) is 7.80. The summed E-state index contributed by atoms with van der Waals surface area (Å²) in [7, 11) is -3.59. The van der Waals surface area contributed by atoms with Crippen LogP contribution in [0.1, 0.15) is 69.4 Å². The van der Waals surface area contributed by atoms with Crippen LogP contribution in [0.4, 0.5) is 5.69 Å². The van der Waals surface area contributed by atoms with Gasteiger partial charge in [0.15, 0.2) is 0 Å². The molecule has 1 atom stereocenters. The molecule has 1 N–H and O–H groups in total. The van der Waals surface area contributed by atoms with Gasteiger partial charge in [-0.1, -0.05) is 45.1 Å². The van der Waals surface area contributed by atoms with Gasteiger partial charge in [-0.15, -0.1) is 0 Å². The number of carbonyl (C=O) groups is 1. The molecule has 6 heteroatoms. The lowest BCUT2D eigenvalue weighted by atomic mass is 9.96. The van der Waals surface area contributed by atoms with E-state index in [0.29, 0.717) is 12.1 Å². The van der Waals surface area contributed by atoms with Crippen LogP contribution >= 0.6 is 0 Å². The highest BCUT2D eigenvalue weighted by atomic mass is 32.2. The second-order valence-corrected chi connectivity index (χ2v) is 9.66. The smallest absolute Gasteiger partial charge is 0.244 e. The zero-order valence-corrected chi connectivity index (χ0v) is 17.9. The van der Waals surface area contributed by atoms with E-state index in [0.717, 1.165) is 36.8 Å². The van der Waals surface area contributed by atoms with Crippen LogP contribution < -0.4 is 9.62 Å². The summed E-state index contributed by atoms with van der Waals surface area (Å²) in [6.45, 7) is 5.80. The van der Waals surface area contributed by atoms with E-state index in [2.05, 4.69) is 5.32 Å². The maximum absolute atomic E-state index is 13.0. The van der Waals surface area contributed by atoms with Crippen molar-refractivity contribution in [2.45, 2.75) is 84.2 Å². The number of nitrogens with one attached hydrogen (secondary N) is 1. The average molecular weight is 395 g/mol. The third kappa shape index (κ3) is 5.96. The molecule has 0 radical (unpaired) electrons. The summed E-state index contributed by atoms with van der Waals surface area (Å²) < 4.78 is 26.4. The van der Waals surface area contributed by atoms with Crippen LogP contribution in [0.25, 0.3) is 0 Å². The van der Waals surface area contributed by atoms with E-state index in [1.54, 1.807) is 6.07 Å². The Hall–Kier alpha value is -1.56. The van der Waals surface area contributed by atoms with Crippen LogP contribution in [0.2, 0.25) is 0 Å². The Morgan fingerprint density at radius 3 is 2.22 bits per heavy atom. The Morgan fingerprint density at radius 1 is 1.11 bits per heavy atom. The average Bonchev–Trinajstić information content (AvgIpc) is 2.56. The van der Waals surface area contributed by atoms with Gasteiger partial charge >= 0.3 is 0 Å². The van der Waals surface area contributed by atoms with Crippen LogP contribution in [0.5, 0.6) is 0 Å². The molecule has 1 fully saturated rings. The number of rotatable bonds is 6. The van der Waals surface area contributed by atoms with Crippen molar-refractivity contribution in [2.24, 2.45) is 0 Å². The van der Waals surface area contributed by atoms with Gasteiger partial charge in [0.25, 0.3) is 0 Å². The summed E-state index contributed by atoms with van der Waals surface area (Å²) in [6.07, 6.45) is 9.49. The van der Waals surface area contributed by atoms with Crippen molar-refractivity contribution in [2.75, 3.05) is 10.6 Å². The number of nitrogens with zero attached hydrogens (tertiary/aromatic N) is 1. The first-order valence-corrected chi connectivity index (χ1v) is 12.0. The number of sulfonamides is 1. The molecular formula is C21H34N2O3S. The summed E-state index contributed by atoms with van der Waals surface area (Å²) in [5.41, 5.74) is 2.66. The van der Waals surface area contributed by atoms with Gasteiger partial charge in [0.05, 0.1) is 11.9 Å². The van der Waals surface area contributed by atoms with Crippen molar-refractivity contribution in [3.63, 3.8) is 0 Å². The van der Waals surface area contributed by atoms with Gasteiger partial charge < -0.3 is 5.32 Å². The Morgan fingerprint density at radius 2 is 1.70 bits per heavy atom. The van der Waals surface area contributed by atoms with E-state index >= 15 is 0 Å². The van der Waals surface area contributed by atoms with Crippen molar-refractivity contribution in [3.05, 3.63) is 29.3 Å². The molecule has 1 aliphatic carbocycles. The van der Waals surface area contributed by atoms with Gasteiger partial charge in [-0.2, -0.15) is 0 Å². The molecule has 27 heavy (non-hydrogen) atoms. The Bertz CT molecular complexity index is 738. The molecule has 0 bridgehead atoms. The maximum atomic E-state index is 13.0. The number of hydrogen-bond acceptors (Lipinski definition) is 3. The first kappa shape index (κ1) is 21.7. The molecule has 0 saturated heterocycles. The molecule has 2 rings (SSSR count). The zero-order chi connectivity index (χ0) is 20.0. The lowest BCUT2D eigenvalue weighted by Gasteiger charge is -2.32.